The van der Waals surface area contributed by atoms with E-state index in [9.17, 15) is 13.2 Å². The van der Waals surface area contributed by atoms with E-state index in [4.69, 9.17) is 9.47 Å². The summed E-state index contributed by atoms with van der Waals surface area (Å²) >= 11 is 1.64. The van der Waals surface area contributed by atoms with Crippen LogP contribution in [0.25, 0.3) is 0 Å². The van der Waals surface area contributed by atoms with Gasteiger partial charge < -0.3 is 14.4 Å². The fourth-order valence-electron chi connectivity index (χ4n) is 4.19. The van der Waals surface area contributed by atoms with Gasteiger partial charge in [-0.3, -0.25) is 4.79 Å². The molecule has 2 heterocycles. The topological polar surface area (TPSA) is 76.2 Å². The third-order valence-electron chi connectivity index (χ3n) is 5.84. The molecule has 0 radical (unpaired) electrons. The molecule has 1 saturated heterocycles. The molecule has 0 spiro atoms. The molecule has 2 aromatic carbocycles. The summed E-state index contributed by atoms with van der Waals surface area (Å²) in [6, 6.07) is 10.7. The average Bonchev–Trinajstić information content (AvgIpc) is 3.28. The molecule has 0 saturated carbocycles. The highest BCUT2D eigenvalue weighted by Crippen LogP contribution is 2.40. The molecule has 1 fully saturated rings. The monoisotopic (exact) mass is 462 g/mol. The van der Waals surface area contributed by atoms with Crippen LogP contribution < -0.4 is 14.4 Å². The van der Waals surface area contributed by atoms with Gasteiger partial charge in [0.1, 0.15) is 11.5 Å². The van der Waals surface area contributed by atoms with Crippen LogP contribution in [0.15, 0.2) is 46.2 Å². The maximum atomic E-state index is 13.4. The highest BCUT2D eigenvalue weighted by molar-refractivity contribution is 7.99. The van der Waals surface area contributed by atoms with Gasteiger partial charge in [0.15, 0.2) is 0 Å². The van der Waals surface area contributed by atoms with E-state index in [1.165, 1.54) is 11.2 Å². The van der Waals surface area contributed by atoms with Crippen molar-refractivity contribution in [3.05, 3.63) is 42.0 Å². The van der Waals surface area contributed by atoms with Crippen molar-refractivity contribution in [2.24, 2.45) is 0 Å². The van der Waals surface area contributed by atoms with Crippen molar-refractivity contribution in [3.63, 3.8) is 0 Å². The van der Waals surface area contributed by atoms with Gasteiger partial charge in [0.25, 0.3) is 0 Å². The fourth-order valence-corrected chi connectivity index (χ4v) is 6.69. The number of fused-ring (bicyclic) bond motifs is 1. The van der Waals surface area contributed by atoms with Crippen LogP contribution in [0, 0.1) is 0 Å². The Morgan fingerprint density at radius 2 is 1.90 bits per heavy atom. The number of ether oxygens (including phenoxy) is 2. The fraction of sp³-hybridized carbons (Fsp3) is 0.409. The van der Waals surface area contributed by atoms with Crippen molar-refractivity contribution in [1.29, 1.82) is 0 Å². The molecule has 0 bridgehead atoms. The first-order valence-electron chi connectivity index (χ1n) is 10.1. The van der Waals surface area contributed by atoms with E-state index >= 15 is 0 Å². The van der Waals surface area contributed by atoms with Crippen molar-refractivity contribution < 1.29 is 22.7 Å². The number of benzene rings is 2. The number of methoxy groups -OCH3 is 2. The number of carbonyl (C=O) groups is 1. The van der Waals surface area contributed by atoms with Gasteiger partial charge in [0.05, 0.1) is 24.8 Å². The largest absolute Gasteiger partial charge is 0.497 e. The number of carbonyl (C=O) groups excluding carboxylic acids is 1. The first-order chi connectivity index (χ1) is 14.8. The lowest BCUT2D eigenvalue weighted by atomic mass is 9.97. The third kappa shape index (κ3) is 4.14. The smallest absolute Gasteiger partial charge is 0.243 e. The Morgan fingerprint density at radius 1 is 1.10 bits per heavy atom. The van der Waals surface area contributed by atoms with Crippen molar-refractivity contribution in [2.45, 2.75) is 29.1 Å². The van der Waals surface area contributed by atoms with Crippen molar-refractivity contribution in [1.82, 2.24) is 4.31 Å². The Labute approximate surface area is 187 Å². The molecule has 7 nitrogen and oxygen atoms in total. The molecule has 0 aliphatic carbocycles. The van der Waals surface area contributed by atoms with Crippen LogP contribution in [0.3, 0.4) is 0 Å². The van der Waals surface area contributed by atoms with E-state index in [0.29, 0.717) is 37.5 Å². The molecule has 0 N–H and O–H groups in total. The number of sulfonamides is 1. The van der Waals surface area contributed by atoms with Gasteiger partial charge in [-0.2, -0.15) is 4.31 Å². The van der Waals surface area contributed by atoms with E-state index in [0.717, 1.165) is 22.0 Å². The van der Waals surface area contributed by atoms with Crippen LogP contribution in [0.5, 0.6) is 11.5 Å². The molecule has 2 aromatic rings. The zero-order chi connectivity index (χ0) is 22.2. The Balaban J connectivity index is 1.62. The van der Waals surface area contributed by atoms with Crippen LogP contribution in [-0.4, -0.2) is 58.2 Å². The number of amides is 1. The molecule has 2 aliphatic rings. The van der Waals surface area contributed by atoms with Gasteiger partial charge >= 0.3 is 0 Å². The highest BCUT2D eigenvalue weighted by atomic mass is 32.2. The van der Waals surface area contributed by atoms with Gasteiger partial charge in [-0.15, -0.1) is 11.8 Å². The summed E-state index contributed by atoms with van der Waals surface area (Å²) in [5.74, 6) is 2.18. The van der Waals surface area contributed by atoms with Crippen LogP contribution in [0.2, 0.25) is 0 Å². The number of rotatable bonds is 5. The quantitative estimate of drug-likeness (QED) is 0.678. The molecular weight excluding hydrogens is 436 g/mol. The summed E-state index contributed by atoms with van der Waals surface area (Å²) in [5, 5.41) is 0. The Hall–Kier alpha value is -2.23. The minimum atomic E-state index is -3.68. The zero-order valence-electron chi connectivity index (χ0n) is 17.8. The number of hydrogen-bond donors (Lipinski definition) is 0. The van der Waals surface area contributed by atoms with Gasteiger partial charge in [-0.05, 0) is 42.8 Å². The third-order valence-corrected chi connectivity index (χ3v) is 8.74. The molecule has 1 atom stereocenters. The molecule has 166 valence electrons. The minimum absolute atomic E-state index is 0.0155. The number of thioether (sulfide) groups is 1. The maximum Gasteiger partial charge on any atom is 0.243 e. The minimum Gasteiger partial charge on any atom is -0.497 e. The lowest BCUT2D eigenvalue weighted by Crippen LogP contribution is -2.34. The Morgan fingerprint density at radius 3 is 2.61 bits per heavy atom. The summed E-state index contributed by atoms with van der Waals surface area (Å²) in [6.45, 7) is 2.88. The van der Waals surface area contributed by atoms with Gasteiger partial charge in [0, 0.05) is 48.7 Å². The van der Waals surface area contributed by atoms with Crippen LogP contribution in [0.4, 0.5) is 5.69 Å². The molecule has 1 amide bonds. The first-order valence-corrected chi connectivity index (χ1v) is 12.5. The molecule has 0 aromatic heterocycles. The number of anilines is 1. The van der Waals surface area contributed by atoms with Crippen molar-refractivity contribution in [2.75, 3.05) is 44.5 Å². The van der Waals surface area contributed by atoms with Crippen molar-refractivity contribution >= 4 is 33.4 Å². The van der Waals surface area contributed by atoms with Crippen LogP contribution in [0.1, 0.15) is 24.8 Å². The predicted octanol–water partition coefficient (Wildman–Crippen LogP) is 3.34. The van der Waals surface area contributed by atoms with Gasteiger partial charge in [0.2, 0.25) is 15.9 Å². The lowest BCUT2D eigenvalue weighted by molar-refractivity contribution is -0.116. The van der Waals surface area contributed by atoms with Gasteiger partial charge in [-0.25, -0.2) is 8.42 Å². The summed E-state index contributed by atoms with van der Waals surface area (Å²) in [4.78, 5) is 14.8. The summed E-state index contributed by atoms with van der Waals surface area (Å²) in [5.41, 5.74) is 1.62. The second kappa shape index (κ2) is 8.72. The van der Waals surface area contributed by atoms with Crippen molar-refractivity contribution in [3.8, 4) is 11.5 Å². The van der Waals surface area contributed by atoms with Crippen LogP contribution in [-0.2, 0) is 14.8 Å². The molecule has 9 heteroatoms. The van der Waals surface area contributed by atoms with E-state index in [1.54, 1.807) is 49.1 Å². The molecule has 2 aliphatic heterocycles. The molecule has 31 heavy (non-hydrogen) atoms. The van der Waals surface area contributed by atoms with E-state index in [-0.39, 0.29) is 16.7 Å². The summed E-state index contributed by atoms with van der Waals surface area (Å²) in [6.07, 6.45) is 0.698. The summed E-state index contributed by atoms with van der Waals surface area (Å²) < 4.78 is 39.2. The second-order valence-corrected chi connectivity index (χ2v) is 10.7. The molecule has 1 unspecified atom stereocenters. The number of nitrogens with zero attached hydrogens (tertiary/aromatic N) is 2. The summed E-state index contributed by atoms with van der Waals surface area (Å²) in [7, 11) is -0.465. The normalized spacial score (nSPS) is 19.2. The Kier molecular flexibility index (Phi) is 6.18. The molecule has 4 rings (SSSR count). The van der Waals surface area contributed by atoms with Crippen LogP contribution >= 0.6 is 11.8 Å². The van der Waals surface area contributed by atoms with Gasteiger partial charge in [-0.1, -0.05) is 0 Å². The standard InChI is InChI=1S/C22H26N2O5S2/c1-15(25)24-10-11-30-22-7-5-18(13-20(22)24)31(26,27)23-9-8-16(14-23)19-12-17(28-2)4-6-21(19)29-3/h4-7,12-13,16H,8-11,14H2,1-3H3. The second-order valence-electron chi connectivity index (χ2n) is 7.61. The maximum absolute atomic E-state index is 13.4. The zero-order valence-corrected chi connectivity index (χ0v) is 19.5. The highest BCUT2D eigenvalue weighted by Gasteiger charge is 2.35. The lowest BCUT2D eigenvalue weighted by Gasteiger charge is -2.29. The first kappa shape index (κ1) is 22.0. The van der Waals surface area contributed by atoms with E-state index in [2.05, 4.69) is 0 Å². The predicted molar refractivity (Wildman–Crippen MR) is 121 cm³/mol. The van der Waals surface area contributed by atoms with E-state index in [1.807, 2.05) is 18.2 Å². The molecular formula is C22H26N2O5S2. The Bertz CT molecular complexity index is 1100. The van der Waals surface area contributed by atoms with E-state index < -0.39 is 10.0 Å². The average molecular weight is 463 g/mol. The number of hydrogen-bond acceptors (Lipinski definition) is 6. The SMILES string of the molecule is COc1ccc(OC)c(C2CCN(S(=O)(=O)c3ccc4c(c3)N(C(C)=O)CCS4)C2)c1.